The Kier molecular flexibility index (Phi) is 3.44. The molecule has 1 amide bonds. The number of amides is 1. The van der Waals surface area contributed by atoms with Gasteiger partial charge in [-0.1, -0.05) is 19.1 Å². The molecule has 0 bridgehead atoms. The quantitative estimate of drug-likeness (QED) is 0.868. The lowest BCUT2D eigenvalue weighted by Crippen LogP contribution is -2.65. The summed E-state index contributed by atoms with van der Waals surface area (Å²) in [5.41, 5.74) is 1.81. The zero-order valence-corrected chi connectivity index (χ0v) is 11.7. The van der Waals surface area contributed by atoms with Gasteiger partial charge in [0.05, 0.1) is 5.54 Å². The van der Waals surface area contributed by atoms with Gasteiger partial charge in [-0.05, 0) is 44.9 Å². The Bertz CT molecular complexity index is 436. The number of rotatable bonds is 2. The first-order chi connectivity index (χ1) is 8.44. The molecule has 0 saturated carbocycles. The molecule has 3 nitrogen and oxygen atoms in total. The highest BCUT2D eigenvalue weighted by molar-refractivity contribution is 6.00. The number of hydrogen-bond acceptors (Lipinski definition) is 2. The standard InChI is InChI=1S/C15H22N2O/c1-5-12-6-8-13(9-7-12)17-10-11(2)16-15(3,4)14(17)18/h6-9,11,16H,5,10H2,1-4H3. The van der Waals surface area contributed by atoms with Crippen LogP contribution in [0, 0.1) is 0 Å². The van der Waals surface area contributed by atoms with E-state index in [-0.39, 0.29) is 5.91 Å². The smallest absolute Gasteiger partial charge is 0.246 e. The molecule has 3 heteroatoms. The van der Waals surface area contributed by atoms with E-state index in [1.54, 1.807) is 0 Å². The van der Waals surface area contributed by atoms with Gasteiger partial charge in [0, 0.05) is 18.3 Å². The van der Waals surface area contributed by atoms with Gasteiger partial charge in [0.15, 0.2) is 0 Å². The highest BCUT2D eigenvalue weighted by Gasteiger charge is 2.38. The summed E-state index contributed by atoms with van der Waals surface area (Å²) in [7, 11) is 0. The van der Waals surface area contributed by atoms with Crippen molar-refractivity contribution in [1.29, 1.82) is 0 Å². The van der Waals surface area contributed by atoms with Crippen molar-refractivity contribution >= 4 is 11.6 Å². The highest BCUT2D eigenvalue weighted by atomic mass is 16.2. The van der Waals surface area contributed by atoms with Crippen molar-refractivity contribution in [3.8, 4) is 0 Å². The fourth-order valence-electron chi connectivity index (χ4n) is 2.55. The first-order valence-electron chi connectivity index (χ1n) is 6.62. The van der Waals surface area contributed by atoms with E-state index in [9.17, 15) is 4.79 Å². The van der Waals surface area contributed by atoms with Crippen LogP contribution in [0.25, 0.3) is 0 Å². The molecule has 1 heterocycles. The van der Waals surface area contributed by atoms with Crippen molar-refractivity contribution in [1.82, 2.24) is 5.32 Å². The van der Waals surface area contributed by atoms with Crippen LogP contribution in [0.1, 0.15) is 33.3 Å². The van der Waals surface area contributed by atoms with Gasteiger partial charge in [-0.15, -0.1) is 0 Å². The zero-order valence-electron chi connectivity index (χ0n) is 11.7. The monoisotopic (exact) mass is 246 g/mol. The molecule has 0 aliphatic carbocycles. The third-order valence-corrected chi connectivity index (χ3v) is 3.50. The minimum Gasteiger partial charge on any atom is -0.309 e. The van der Waals surface area contributed by atoms with Crippen LogP contribution in [0.3, 0.4) is 0 Å². The molecule has 0 radical (unpaired) electrons. The molecule has 18 heavy (non-hydrogen) atoms. The lowest BCUT2D eigenvalue weighted by atomic mass is 9.97. The van der Waals surface area contributed by atoms with Gasteiger partial charge in [-0.2, -0.15) is 0 Å². The molecule has 1 saturated heterocycles. The molecule has 1 aromatic rings. The van der Waals surface area contributed by atoms with E-state index in [2.05, 4.69) is 31.3 Å². The second-order valence-corrected chi connectivity index (χ2v) is 5.61. The van der Waals surface area contributed by atoms with E-state index in [0.717, 1.165) is 18.7 Å². The lowest BCUT2D eigenvalue weighted by molar-refractivity contribution is -0.125. The topological polar surface area (TPSA) is 32.3 Å². The van der Waals surface area contributed by atoms with Gasteiger partial charge in [-0.25, -0.2) is 0 Å². The van der Waals surface area contributed by atoms with E-state index in [0.29, 0.717) is 6.04 Å². The number of anilines is 1. The average molecular weight is 246 g/mol. The van der Waals surface area contributed by atoms with Crippen molar-refractivity contribution in [3.63, 3.8) is 0 Å². The molecule has 0 spiro atoms. The predicted octanol–water partition coefficient (Wildman–Crippen LogP) is 2.35. The summed E-state index contributed by atoms with van der Waals surface area (Å²) in [6.07, 6.45) is 1.03. The molecule has 1 atom stereocenters. The third-order valence-electron chi connectivity index (χ3n) is 3.50. The van der Waals surface area contributed by atoms with Gasteiger partial charge in [-0.3, -0.25) is 10.1 Å². The Hall–Kier alpha value is -1.35. The molecule has 1 aromatic carbocycles. The van der Waals surface area contributed by atoms with Crippen molar-refractivity contribution < 1.29 is 4.79 Å². The largest absolute Gasteiger partial charge is 0.309 e. The molecule has 0 aromatic heterocycles. The fourth-order valence-corrected chi connectivity index (χ4v) is 2.55. The van der Waals surface area contributed by atoms with E-state index >= 15 is 0 Å². The summed E-state index contributed by atoms with van der Waals surface area (Å²) >= 11 is 0. The maximum absolute atomic E-state index is 12.4. The van der Waals surface area contributed by atoms with Gasteiger partial charge in [0.25, 0.3) is 0 Å². The predicted molar refractivity (Wildman–Crippen MR) is 74.8 cm³/mol. The van der Waals surface area contributed by atoms with Gasteiger partial charge in [0.1, 0.15) is 0 Å². The van der Waals surface area contributed by atoms with Crippen LogP contribution in [0.2, 0.25) is 0 Å². The van der Waals surface area contributed by atoms with Gasteiger partial charge in [0.2, 0.25) is 5.91 Å². The van der Waals surface area contributed by atoms with E-state index in [1.165, 1.54) is 5.56 Å². The van der Waals surface area contributed by atoms with Crippen molar-refractivity contribution in [2.24, 2.45) is 0 Å². The van der Waals surface area contributed by atoms with Gasteiger partial charge >= 0.3 is 0 Å². The molecule has 1 fully saturated rings. The molecule has 1 aliphatic heterocycles. The summed E-state index contributed by atoms with van der Waals surface area (Å²) in [6.45, 7) is 8.86. The van der Waals surface area contributed by atoms with E-state index in [4.69, 9.17) is 0 Å². The molecular weight excluding hydrogens is 224 g/mol. The van der Waals surface area contributed by atoms with E-state index < -0.39 is 5.54 Å². The second kappa shape index (κ2) is 4.73. The van der Waals surface area contributed by atoms with Crippen LogP contribution in [0.4, 0.5) is 5.69 Å². The highest BCUT2D eigenvalue weighted by Crippen LogP contribution is 2.23. The summed E-state index contributed by atoms with van der Waals surface area (Å²) in [5.74, 6) is 0.143. The Morgan fingerprint density at radius 3 is 2.50 bits per heavy atom. The number of piperazine rings is 1. The summed E-state index contributed by atoms with van der Waals surface area (Å²) in [6, 6.07) is 8.60. The third kappa shape index (κ3) is 2.41. The first-order valence-corrected chi connectivity index (χ1v) is 6.62. The zero-order chi connectivity index (χ0) is 13.3. The number of nitrogens with zero attached hydrogens (tertiary/aromatic N) is 1. The van der Waals surface area contributed by atoms with Crippen LogP contribution in [0.5, 0.6) is 0 Å². The Labute approximate surface area is 109 Å². The summed E-state index contributed by atoms with van der Waals surface area (Å²) in [5, 5.41) is 3.34. The summed E-state index contributed by atoms with van der Waals surface area (Å²) in [4.78, 5) is 14.3. The molecular formula is C15H22N2O. The van der Waals surface area contributed by atoms with Crippen LogP contribution in [-0.4, -0.2) is 24.0 Å². The number of hydrogen-bond donors (Lipinski definition) is 1. The number of carbonyl (C=O) groups is 1. The molecule has 98 valence electrons. The Morgan fingerprint density at radius 1 is 1.33 bits per heavy atom. The van der Waals surface area contributed by atoms with Crippen LogP contribution < -0.4 is 10.2 Å². The van der Waals surface area contributed by atoms with Crippen LogP contribution >= 0.6 is 0 Å². The number of aryl methyl sites for hydroxylation is 1. The van der Waals surface area contributed by atoms with Crippen LogP contribution in [0.15, 0.2) is 24.3 Å². The molecule has 1 aliphatic rings. The molecule has 2 rings (SSSR count). The second-order valence-electron chi connectivity index (χ2n) is 5.61. The maximum Gasteiger partial charge on any atom is 0.246 e. The average Bonchev–Trinajstić information content (AvgIpc) is 2.33. The van der Waals surface area contributed by atoms with Crippen molar-refractivity contribution in [2.75, 3.05) is 11.4 Å². The Balaban J connectivity index is 2.27. The lowest BCUT2D eigenvalue weighted by Gasteiger charge is -2.41. The molecule has 1 unspecified atom stereocenters. The van der Waals surface area contributed by atoms with Crippen molar-refractivity contribution in [3.05, 3.63) is 29.8 Å². The number of nitrogens with one attached hydrogen (secondary N) is 1. The fraction of sp³-hybridized carbons (Fsp3) is 0.533. The van der Waals surface area contributed by atoms with Crippen LogP contribution in [-0.2, 0) is 11.2 Å². The van der Waals surface area contributed by atoms with Gasteiger partial charge < -0.3 is 4.90 Å². The first kappa shape index (κ1) is 13.1. The van der Waals surface area contributed by atoms with Crippen molar-refractivity contribution in [2.45, 2.75) is 45.7 Å². The Morgan fingerprint density at radius 2 is 1.94 bits per heavy atom. The summed E-state index contributed by atoms with van der Waals surface area (Å²) < 4.78 is 0. The number of carbonyl (C=O) groups excluding carboxylic acids is 1. The van der Waals surface area contributed by atoms with E-state index in [1.807, 2.05) is 30.9 Å². The normalized spacial score (nSPS) is 23.2. The minimum atomic E-state index is -0.485. The SMILES string of the molecule is CCc1ccc(N2CC(C)NC(C)(C)C2=O)cc1. The minimum absolute atomic E-state index is 0.143. The molecule has 1 N–H and O–H groups in total. The maximum atomic E-state index is 12.4. The number of benzene rings is 1.